The number of carbonyl (C=O) groups is 2. The first-order valence-corrected chi connectivity index (χ1v) is 13.2. The molecule has 10 heteroatoms. The van der Waals surface area contributed by atoms with Crippen molar-refractivity contribution in [2.45, 2.75) is 51.2 Å². The van der Waals surface area contributed by atoms with E-state index in [1.807, 2.05) is 31.4 Å². The van der Waals surface area contributed by atoms with Gasteiger partial charge in [-0.1, -0.05) is 12.1 Å². The van der Waals surface area contributed by atoms with Gasteiger partial charge >= 0.3 is 6.09 Å². The number of halogens is 2. The predicted octanol–water partition coefficient (Wildman–Crippen LogP) is 5.88. The average Bonchev–Trinajstić information content (AvgIpc) is 3.13. The number of piperidine rings is 1. The van der Waals surface area contributed by atoms with Gasteiger partial charge in [-0.3, -0.25) is 10.1 Å². The molecule has 3 heterocycles. The number of fused-ring (bicyclic) bond motifs is 1. The van der Waals surface area contributed by atoms with Crippen LogP contribution in [0.4, 0.5) is 15.1 Å². The Balaban J connectivity index is 1.38. The number of amides is 2. The molecule has 2 amide bonds. The van der Waals surface area contributed by atoms with Crippen LogP contribution in [0.1, 0.15) is 61.5 Å². The van der Waals surface area contributed by atoms with E-state index in [2.05, 4.69) is 38.4 Å². The number of likely N-dealkylation sites (tertiary alicyclic amines) is 1. The molecule has 0 spiro atoms. The Morgan fingerprint density at radius 3 is 2.51 bits per heavy atom. The molecule has 37 heavy (non-hydrogen) atoms. The molecule has 8 nitrogen and oxygen atoms in total. The molecule has 2 aromatic carbocycles. The van der Waals surface area contributed by atoms with Gasteiger partial charge in [-0.05, 0) is 85.3 Å². The molecule has 1 aromatic heterocycles. The van der Waals surface area contributed by atoms with Crippen molar-refractivity contribution in [2.75, 3.05) is 31.6 Å². The van der Waals surface area contributed by atoms with Crippen LogP contribution in [0.5, 0.6) is 0 Å². The van der Waals surface area contributed by atoms with E-state index in [0.717, 1.165) is 29.4 Å². The second-order valence-corrected chi connectivity index (χ2v) is 11.4. The Labute approximate surface area is 223 Å². The van der Waals surface area contributed by atoms with Gasteiger partial charge in [0, 0.05) is 17.6 Å². The molecule has 0 radical (unpaired) electrons. The summed E-state index contributed by atoms with van der Waals surface area (Å²) in [5.41, 5.74) is 2.21. The van der Waals surface area contributed by atoms with Gasteiger partial charge in [-0.25, -0.2) is 14.2 Å². The smallest absolute Gasteiger partial charge is 0.410 e. The number of ether oxygens (including phenoxy) is 2. The molecule has 0 aliphatic carbocycles. The summed E-state index contributed by atoms with van der Waals surface area (Å²) >= 11 is 3.27. The molecular weight excluding hydrogens is 543 g/mol. The highest BCUT2D eigenvalue weighted by Gasteiger charge is 2.30. The van der Waals surface area contributed by atoms with Gasteiger partial charge in [0.2, 0.25) is 5.95 Å². The van der Waals surface area contributed by atoms with E-state index in [4.69, 9.17) is 9.47 Å². The molecule has 2 aliphatic rings. The van der Waals surface area contributed by atoms with Gasteiger partial charge < -0.3 is 18.9 Å². The summed E-state index contributed by atoms with van der Waals surface area (Å²) in [7, 11) is 0. The maximum atomic E-state index is 14.4. The number of carbonyl (C=O) groups excluding carboxylic acids is 2. The molecule has 2 saturated heterocycles. The minimum absolute atomic E-state index is 0.0219. The minimum Gasteiger partial charge on any atom is -0.444 e. The molecule has 0 unspecified atom stereocenters. The van der Waals surface area contributed by atoms with Gasteiger partial charge in [-0.15, -0.1) is 0 Å². The van der Waals surface area contributed by atoms with Crippen LogP contribution in [0.2, 0.25) is 0 Å². The van der Waals surface area contributed by atoms with E-state index < -0.39 is 17.3 Å². The number of anilines is 1. The largest absolute Gasteiger partial charge is 0.444 e. The number of aromatic nitrogens is 2. The zero-order valence-electron chi connectivity index (χ0n) is 21.1. The SMILES string of the molecule is CC(C)(C)OC(=O)N1CCC(c2ccc3nc(NC(=O)c4c(F)cccc4Br)n(C4COC4)c3c2)CC1. The molecule has 2 fully saturated rings. The van der Waals surface area contributed by atoms with Crippen LogP contribution in [-0.2, 0) is 9.47 Å². The van der Waals surface area contributed by atoms with Crippen molar-refractivity contribution in [1.29, 1.82) is 0 Å². The maximum Gasteiger partial charge on any atom is 0.410 e. The van der Waals surface area contributed by atoms with Crippen LogP contribution in [0.25, 0.3) is 11.0 Å². The van der Waals surface area contributed by atoms with Crippen molar-refractivity contribution < 1.29 is 23.5 Å². The first-order chi connectivity index (χ1) is 17.6. The third-order valence-corrected chi connectivity index (χ3v) is 7.39. The zero-order chi connectivity index (χ0) is 26.3. The van der Waals surface area contributed by atoms with Crippen molar-refractivity contribution in [3.05, 3.63) is 57.8 Å². The summed E-state index contributed by atoms with van der Waals surface area (Å²) in [6.07, 6.45) is 1.39. The number of hydrogen-bond acceptors (Lipinski definition) is 5. The lowest BCUT2D eigenvalue weighted by Crippen LogP contribution is -2.41. The lowest BCUT2D eigenvalue weighted by atomic mass is 9.89. The fraction of sp³-hybridized carbons (Fsp3) is 0.444. The molecule has 1 N–H and O–H groups in total. The van der Waals surface area contributed by atoms with Gasteiger partial charge in [-0.2, -0.15) is 0 Å². The number of benzene rings is 2. The minimum atomic E-state index is -0.610. The lowest BCUT2D eigenvalue weighted by Gasteiger charge is -2.33. The Morgan fingerprint density at radius 1 is 1.16 bits per heavy atom. The van der Waals surface area contributed by atoms with Crippen LogP contribution in [0.3, 0.4) is 0 Å². The van der Waals surface area contributed by atoms with E-state index in [0.29, 0.717) is 36.7 Å². The Bertz CT molecular complexity index is 1320. The summed E-state index contributed by atoms with van der Waals surface area (Å²) in [5.74, 6) is -0.533. The summed E-state index contributed by atoms with van der Waals surface area (Å²) in [6, 6.07) is 10.6. The number of nitrogens with one attached hydrogen (secondary N) is 1. The number of nitrogens with zero attached hydrogens (tertiary/aromatic N) is 3. The van der Waals surface area contributed by atoms with Crippen molar-refractivity contribution >= 4 is 44.9 Å². The highest BCUT2D eigenvalue weighted by atomic mass is 79.9. The summed E-state index contributed by atoms with van der Waals surface area (Å²) in [6.45, 7) is 7.89. The molecule has 196 valence electrons. The fourth-order valence-corrected chi connectivity index (χ4v) is 5.32. The second-order valence-electron chi connectivity index (χ2n) is 10.5. The molecular formula is C27H30BrFN4O4. The topological polar surface area (TPSA) is 85.7 Å². The van der Waals surface area contributed by atoms with E-state index >= 15 is 0 Å². The molecule has 0 atom stereocenters. The first kappa shape index (κ1) is 25.7. The summed E-state index contributed by atoms with van der Waals surface area (Å²) in [4.78, 5) is 31.9. The number of hydrogen-bond donors (Lipinski definition) is 1. The van der Waals surface area contributed by atoms with E-state index in [9.17, 15) is 14.0 Å². The van der Waals surface area contributed by atoms with Crippen molar-refractivity contribution in [3.63, 3.8) is 0 Å². The Hall–Kier alpha value is -2.98. The van der Waals surface area contributed by atoms with E-state index in [-0.39, 0.29) is 23.6 Å². The van der Waals surface area contributed by atoms with Gasteiger partial charge in [0.05, 0.1) is 35.9 Å². The van der Waals surface area contributed by atoms with Gasteiger partial charge in [0.1, 0.15) is 11.4 Å². The van der Waals surface area contributed by atoms with Crippen LogP contribution >= 0.6 is 15.9 Å². The quantitative estimate of drug-likeness (QED) is 0.422. The van der Waals surface area contributed by atoms with Crippen LogP contribution < -0.4 is 5.32 Å². The number of rotatable bonds is 4. The van der Waals surface area contributed by atoms with E-state index in [1.54, 1.807) is 11.0 Å². The van der Waals surface area contributed by atoms with Gasteiger partial charge in [0.25, 0.3) is 5.91 Å². The standard InChI is InChI=1S/C27H30BrFN4O4/c1-27(2,3)37-26(35)32-11-9-16(10-12-32)17-7-8-21-22(13-17)33(18-14-36-15-18)25(30-21)31-24(34)23-19(28)5-4-6-20(23)29/h4-8,13,16,18H,9-12,14-15H2,1-3H3,(H,30,31,34). The normalized spacial score (nSPS) is 17.1. The van der Waals surface area contributed by atoms with Gasteiger partial charge in [0.15, 0.2) is 0 Å². The molecule has 0 saturated carbocycles. The third kappa shape index (κ3) is 5.36. The molecule has 2 aliphatic heterocycles. The predicted molar refractivity (Wildman–Crippen MR) is 141 cm³/mol. The molecule has 5 rings (SSSR count). The number of imidazole rings is 1. The first-order valence-electron chi connectivity index (χ1n) is 12.4. The lowest BCUT2D eigenvalue weighted by molar-refractivity contribution is -0.0207. The maximum absolute atomic E-state index is 14.4. The Kier molecular flexibility index (Phi) is 6.97. The highest BCUT2D eigenvalue weighted by molar-refractivity contribution is 9.10. The molecule has 3 aromatic rings. The summed E-state index contributed by atoms with van der Waals surface area (Å²) < 4.78 is 27.7. The zero-order valence-corrected chi connectivity index (χ0v) is 22.7. The van der Waals surface area contributed by atoms with Crippen LogP contribution in [0, 0.1) is 5.82 Å². The Morgan fingerprint density at radius 2 is 1.89 bits per heavy atom. The van der Waals surface area contributed by atoms with Crippen LogP contribution in [0.15, 0.2) is 40.9 Å². The molecule has 0 bridgehead atoms. The fourth-order valence-electron chi connectivity index (χ4n) is 4.79. The monoisotopic (exact) mass is 572 g/mol. The third-order valence-electron chi connectivity index (χ3n) is 6.73. The average molecular weight is 573 g/mol. The second kappa shape index (κ2) is 10.1. The van der Waals surface area contributed by atoms with Crippen molar-refractivity contribution in [2.24, 2.45) is 0 Å². The van der Waals surface area contributed by atoms with E-state index in [1.165, 1.54) is 12.1 Å². The summed E-state index contributed by atoms with van der Waals surface area (Å²) in [5, 5.41) is 2.81. The van der Waals surface area contributed by atoms with Crippen molar-refractivity contribution in [1.82, 2.24) is 14.5 Å². The van der Waals surface area contributed by atoms with Crippen molar-refractivity contribution in [3.8, 4) is 0 Å². The van der Waals surface area contributed by atoms with Crippen LogP contribution in [-0.4, -0.2) is 58.4 Å². The highest BCUT2D eigenvalue weighted by Crippen LogP contribution is 2.34.